The summed E-state index contributed by atoms with van der Waals surface area (Å²) < 4.78 is 28.8. The van der Waals surface area contributed by atoms with Gasteiger partial charge in [-0.2, -0.15) is 0 Å². The molecule has 1 fully saturated rings. The van der Waals surface area contributed by atoms with Crippen LogP contribution in [0.15, 0.2) is 83.8 Å². The van der Waals surface area contributed by atoms with E-state index in [9.17, 15) is 18.0 Å². The molecule has 0 spiro atoms. The van der Waals surface area contributed by atoms with Crippen LogP contribution in [0.1, 0.15) is 49.3 Å². The van der Waals surface area contributed by atoms with E-state index in [2.05, 4.69) is 5.32 Å². The van der Waals surface area contributed by atoms with Crippen LogP contribution < -0.4 is 9.62 Å². The van der Waals surface area contributed by atoms with Gasteiger partial charge in [-0.15, -0.1) is 0 Å². The smallest absolute Gasteiger partial charge is 0.264 e. The minimum absolute atomic E-state index is 0.0939. The Hall–Kier alpha value is -3.65. The summed E-state index contributed by atoms with van der Waals surface area (Å²) in [4.78, 5) is 28.8. The van der Waals surface area contributed by atoms with Gasteiger partial charge in [-0.1, -0.05) is 73.0 Å². The Labute approximate surface area is 231 Å². The maximum atomic E-state index is 14.0. The average Bonchev–Trinajstić information content (AvgIpc) is 3.44. The van der Waals surface area contributed by atoms with Crippen molar-refractivity contribution in [2.45, 2.75) is 70.0 Å². The summed E-state index contributed by atoms with van der Waals surface area (Å²) in [7, 11) is -4.06. The number of sulfonamides is 1. The molecular weight excluding hydrogens is 510 g/mol. The number of amides is 2. The molecule has 3 aromatic rings. The first-order valence-corrected chi connectivity index (χ1v) is 14.9. The molecule has 1 atom stereocenters. The van der Waals surface area contributed by atoms with Crippen molar-refractivity contribution in [1.29, 1.82) is 0 Å². The molecular formula is C31H37N3O4S. The minimum Gasteiger partial charge on any atom is -0.352 e. The molecule has 1 saturated carbocycles. The Balaban J connectivity index is 1.67. The van der Waals surface area contributed by atoms with Crippen LogP contribution >= 0.6 is 0 Å². The van der Waals surface area contributed by atoms with E-state index in [-0.39, 0.29) is 23.4 Å². The van der Waals surface area contributed by atoms with Gasteiger partial charge in [-0.25, -0.2) is 8.42 Å². The van der Waals surface area contributed by atoms with Crippen molar-refractivity contribution in [2.24, 2.45) is 0 Å². The number of hydrogen-bond acceptors (Lipinski definition) is 4. The molecule has 0 heterocycles. The van der Waals surface area contributed by atoms with Gasteiger partial charge in [-0.3, -0.25) is 13.9 Å². The van der Waals surface area contributed by atoms with Crippen LogP contribution in [0.25, 0.3) is 0 Å². The molecule has 1 N–H and O–H groups in total. The van der Waals surface area contributed by atoms with Gasteiger partial charge < -0.3 is 10.2 Å². The van der Waals surface area contributed by atoms with Crippen molar-refractivity contribution < 1.29 is 18.0 Å². The van der Waals surface area contributed by atoms with Crippen LogP contribution in [0.3, 0.4) is 0 Å². The molecule has 0 radical (unpaired) electrons. The summed E-state index contributed by atoms with van der Waals surface area (Å²) in [6.45, 7) is 5.31. The number of carbonyl (C=O) groups is 2. The fraction of sp³-hybridized carbons (Fsp3) is 0.355. The molecule has 2 amide bonds. The lowest BCUT2D eigenvalue weighted by atomic mass is 10.1. The van der Waals surface area contributed by atoms with Crippen LogP contribution in [0, 0.1) is 13.8 Å². The third-order valence-electron chi connectivity index (χ3n) is 7.24. The lowest BCUT2D eigenvalue weighted by molar-refractivity contribution is -0.139. The van der Waals surface area contributed by atoms with E-state index in [1.807, 2.05) is 44.2 Å². The fourth-order valence-corrected chi connectivity index (χ4v) is 6.32. The Morgan fingerprint density at radius 1 is 0.897 bits per heavy atom. The number of hydrogen-bond donors (Lipinski definition) is 1. The van der Waals surface area contributed by atoms with Crippen molar-refractivity contribution >= 4 is 27.5 Å². The van der Waals surface area contributed by atoms with Gasteiger partial charge in [0.1, 0.15) is 12.6 Å². The standard InChI is InChI=1S/C31H37N3O4S/c1-23-16-18-26(19-17-23)21-33(25(3)31(36)32-27-11-7-8-12-27)30(35)22-34(28-13-9-10-24(2)20-28)39(37,38)29-14-5-4-6-15-29/h4-6,9-10,13-20,25,27H,7-8,11-12,21-22H2,1-3H3,(H,32,36)/t25-/m0/s1. The van der Waals surface area contributed by atoms with Crippen molar-refractivity contribution in [3.05, 3.63) is 95.6 Å². The lowest BCUT2D eigenvalue weighted by Gasteiger charge is -2.32. The Morgan fingerprint density at radius 2 is 1.56 bits per heavy atom. The SMILES string of the molecule is Cc1ccc(CN(C(=O)CN(c2cccc(C)c2)S(=O)(=O)c2ccccc2)[C@@H](C)C(=O)NC2CCCC2)cc1. The van der Waals surface area contributed by atoms with Gasteiger partial charge in [0, 0.05) is 12.6 Å². The van der Waals surface area contributed by atoms with Crippen LogP contribution in [-0.2, 0) is 26.2 Å². The second-order valence-electron chi connectivity index (χ2n) is 10.3. The lowest BCUT2D eigenvalue weighted by Crippen LogP contribution is -2.52. The third-order valence-corrected chi connectivity index (χ3v) is 9.03. The summed E-state index contributed by atoms with van der Waals surface area (Å²) in [5.74, 6) is -0.680. The maximum Gasteiger partial charge on any atom is 0.264 e. The third kappa shape index (κ3) is 7.06. The van der Waals surface area contributed by atoms with Crippen LogP contribution in [0.5, 0.6) is 0 Å². The molecule has 0 saturated heterocycles. The highest BCUT2D eigenvalue weighted by atomic mass is 32.2. The van der Waals surface area contributed by atoms with Crippen molar-refractivity contribution in [2.75, 3.05) is 10.8 Å². The molecule has 1 aliphatic carbocycles. The molecule has 0 bridgehead atoms. The first kappa shape index (κ1) is 28.4. The van der Waals surface area contributed by atoms with Gasteiger partial charge in [0.2, 0.25) is 11.8 Å². The molecule has 4 rings (SSSR count). The van der Waals surface area contributed by atoms with E-state index in [1.54, 1.807) is 43.3 Å². The average molecular weight is 548 g/mol. The molecule has 3 aromatic carbocycles. The van der Waals surface area contributed by atoms with Crippen LogP contribution in [-0.4, -0.2) is 43.8 Å². The zero-order valence-electron chi connectivity index (χ0n) is 22.8. The van der Waals surface area contributed by atoms with Gasteiger partial charge in [0.05, 0.1) is 10.6 Å². The predicted octanol–water partition coefficient (Wildman–Crippen LogP) is 4.97. The Kier molecular flexibility index (Phi) is 9.07. The number of carbonyl (C=O) groups excluding carboxylic acids is 2. The van der Waals surface area contributed by atoms with Crippen molar-refractivity contribution in [3.63, 3.8) is 0 Å². The quantitative estimate of drug-likeness (QED) is 0.388. The minimum atomic E-state index is -4.06. The highest BCUT2D eigenvalue weighted by Gasteiger charge is 2.33. The highest BCUT2D eigenvalue weighted by molar-refractivity contribution is 7.92. The number of anilines is 1. The topological polar surface area (TPSA) is 86.8 Å². The van der Waals surface area contributed by atoms with Crippen LogP contribution in [0.2, 0.25) is 0 Å². The predicted molar refractivity (Wildman–Crippen MR) is 154 cm³/mol. The molecule has 39 heavy (non-hydrogen) atoms. The highest BCUT2D eigenvalue weighted by Crippen LogP contribution is 2.25. The van der Waals surface area contributed by atoms with E-state index < -0.39 is 28.5 Å². The number of aryl methyl sites for hydroxylation is 2. The zero-order chi connectivity index (χ0) is 28.0. The molecule has 1 aliphatic rings. The summed E-state index contributed by atoms with van der Waals surface area (Å²) >= 11 is 0. The zero-order valence-corrected chi connectivity index (χ0v) is 23.7. The van der Waals surface area contributed by atoms with Crippen molar-refractivity contribution in [3.8, 4) is 0 Å². The van der Waals surface area contributed by atoms with E-state index in [1.165, 1.54) is 17.0 Å². The monoisotopic (exact) mass is 547 g/mol. The van der Waals surface area contributed by atoms with E-state index in [4.69, 9.17) is 0 Å². The van der Waals surface area contributed by atoms with E-state index >= 15 is 0 Å². The van der Waals surface area contributed by atoms with Gasteiger partial charge in [0.25, 0.3) is 10.0 Å². The second kappa shape index (κ2) is 12.5. The molecule has 206 valence electrons. The number of nitrogens with zero attached hydrogens (tertiary/aromatic N) is 2. The maximum absolute atomic E-state index is 14.0. The first-order chi connectivity index (χ1) is 18.6. The van der Waals surface area contributed by atoms with E-state index in [0.717, 1.165) is 46.7 Å². The largest absolute Gasteiger partial charge is 0.352 e. The summed E-state index contributed by atoms with van der Waals surface area (Å²) in [6, 6.07) is 22.3. The second-order valence-corrected chi connectivity index (χ2v) is 12.2. The number of benzene rings is 3. The normalized spacial score (nSPS) is 14.5. The fourth-order valence-electron chi connectivity index (χ4n) is 4.90. The molecule has 0 aliphatic heterocycles. The molecule has 0 unspecified atom stereocenters. The summed E-state index contributed by atoms with van der Waals surface area (Å²) in [6.07, 6.45) is 4.02. The van der Waals surface area contributed by atoms with Gasteiger partial charge in [-0.05, 0) is 69.0 Å². The van der Waals surface area contributed by atoms with Gasteiger partial charge in [0.15, 0.2) is 0 Å². The molecule has 0 aromatic heterocycles. The first-order valence-electron chi connectivity index (χ1n) is 13.4. The van der Waals surface area contributed by atoms with E-state index in [0.29, 0.717) is 5.69 Å². The molecule has 7 nitrogen and oxygen atoms in total. The van der Waals surface area contributed by atoms with Gasteiger partial charge >= 0.3 is 0 Å². The Morgan fingerprint density at radius 3 is 2.21 bits per heavy atom. The summed E-state index contributed by atoms with van der Waals surface area (Å²) in [5.41, 5.74) is 3.21. The van der Waals surface area contributed by atoms with Crippen molar-refractivity contribution in [1.82, 2.24) is 10.2 Å². The van der Waals surface area contributed by atoms with Crippen LogP contribution in [0.4, 0.5) is 5.69 Å². The molecule has 8 heteroatoms. The Bertz CT molecular complexity index is 1380. The summed E-state index contributed by atoms with van der Waals surface area (Å²) in [5, 5.41) is 3.09. The number of nitrogens with one attached hydrogen (secondary N) is 1. The number of rotatable bonds is 10.